The highest BCUT2D eigenvalue weighted by atomic mass is 35.5. The monoisotopic (exact) mass is 569 g/mol. The number of ether oxygens (including phenoxy) is 2. The van der Waals surface area contributed by atoms with Gasteiger partial charge in [0, 0.05) is 12.1 Å². The molecule has 0 aliphatic carbocycles. The van der Waals surface area contributed by atoms with Crippen molar-refractivity contribution in [2.75, 3.05) is 19.8 Å². The van der Waals surface area contributed by atoms with Crippen LogP contribution < -0.4 is 9.47 Å². The van der Waals surface area contributed by atoms with Crippen molar-refractivity contribution >= 4 is 75.8 Å². The lowest BCUT2D eigenvalue weighted by Crippen LogP contribution is -2.00. The van der Waals surface area contributed by atoms with Gasteiger partial charge in [-0.2, -0.15) is 0 Å². The van der Waals surface area contributed by atoms with Gasteiger partial charge in [-0.25, -0.2) is 0 Å². The number of nitrogens with zero attached hydrogens (tertiary/aromatic N) is 1. The molecule has 178 valence electrons. The highest BCUT2D eigenvalue weighted by Gasteiger charge is 2.10. The largest absolute Gasteiger partial charge is 0.490 e. The quantitative estimate of drug-likeness (QED) is 0.137. The van der Waals surface area contributed by atoms with Gasteiger partial charge in [-0.3, -0.25) is 0 Å². The van der Waals surface area contributed by atoms with Gasteiger partial charge in [-0.05, 0) is 42.5 Å². The van der Waals surface area contributed by atoms with E-state index in [2.05, 4.69) is 17.3 Å². The van der Waals surface area contributed by atoms with E-state index in [1.54, 1.807) is 18.3 Å². The van der Waals surface area contributed by atoms with Gasteiger partial charge < -0.3 is 14.3 Å². The first kappa shape index (κ1) is 28.0. The number of rotatable bonds is 13. The standard InChI is InChI=1S/C23H21Cl6NO3/c24-19-13-18(31-11-8-21(26)27)14-20(25)23(19)32-10-2-1-3-16-4-6-17(7-5-16)15-30-33-12-9-22(28)29/h4-9,13-15H,1-3,10-12H2. The molecule has 0 radical (unpaired) electrons. The lowest BCUT2D eigenvalue weighted by molar-refractivity contribution is 0.176. The third-order valence-electron chi connectivity index (χ3n) is 4.13. The third-order valence-corrected chi connectivity index (χ3v) is 5.31. The van der Waals surface area contributed by atoms with E-state index < -0.39 is 0 Å². The molecule has 2 rings (SSSR count). The molecule has 10 heteroatoms. The summed E-state index contributed by atoms with van der Waals surface area (Å²) in [4.78, 5) is 5.03. The Hall–Kier alpha value is -1.27. The van der Waals surface area contributed by atoms with Gasteiger partial charge in [0.2, 0.25) is 0 Å². The molecule has 0 atom stereocenters. The first-order valence-electron chi connectivity index (χ1n) is 9.86. The van der Waals surface area contributed by atoms with Crippen molar-refractivity contribution in [2.24, 2.45) is 5.16 Å². The second-order valence-electron chi connectivity index (χ2n) is 6.59. The molecule has 0 fully saturated rings. The van der Waals surface area contributed by atoms with Gasteiger partial charge in [0.15, 0.2) is 5.75 Å². The minimum atomic E-state index is 0.129. The molecule has 0 N–H and O–H groups in total. The zero-order valence-electron chi connectivity index (χ0n) is 17.4. The Morgan fingerprint density at radius 1 is 0.818 bits per heavy atom. The van der Waals surface area contributed by atoms with Gasteiger partial charge in [0.05, 0.1) is 22.9 Å². The number of benzene rings is 2. The molecular formula is C23H21Cl6NO3. The molecule has 33 heavy (non-hydrogen) atoms. The summed E-state index contributed by atoms with van der Waals surface area (Å²) in [6.45, 7) is 0.917. The molecule has 0 amide bonds. The van der Waals surface area contributed by atoms with Crippen LogP contribution in [0, 0.1) is 0 Å². The normalized spacial score (nSPS) is 10.7. The summed E-state index contributed by atoms with van der Waals surface area (Å²) in [5.74, 6) is 0.936. The van der Waals surface area contributed by atoms with E-state index in [1.165, 1.54) is 17.7 Å². The van der Waals surface area contributed by atoms with Crippen molar-refractivity contribution in [1.82, 2.24) is 0 Å². The van der Waals surface area contributed by atoms with Gasteiger partial charge in [0.25, 0.3) is 0 Å². The molecular weight excluding hydrogens is 551 g/mol. The summed E-state index contributed by atoms with van der Waals surface area (Å²) < 4.78 is 11.5. The molecule has 0 aromatic heterocycles. The summed E-state index contributed by atoms with van der Waals surface area (Å²) in [6, 6.07) is 11.3. The summed E-state index contributed by atoms with van der Waals surface area (Å²) in [7, 11) is 0. The molecule has 0 bridgehead atoms. The Morgan fingerprint density at radius 2 is 1.45 bits per heavy atom. The van der Waals surface area contributed by atoms with Crippen LogP contribution in [0.15, 0.2) is 62.7 Å². The number of unbranched alkanes of at least 4 members (excludes halogenated alkanes) is 1. The maximum Gasteiger partial charge on any atom is 0.156 e. The first-order chi connectivity index (χ1) is 15.8. The predicted molar refractivity (Wildman–Crippen MR) is 140 cm³/mol. The average molecular weight is 572 g/mol. The van der Waals surface area contributed by atoms with Gasteiger partial charge >= 0.3 is 0 Å². The number of hydrogen-bond donors (Lipinski definition) is 0. The number of hydrogen-bond acceptors (Lipinski definition) is 4. The third kappa shape index (κ3) is 11.6. The minimum absolute atomic E-state index is 0.129. The van der Waals surface area contributed by atoms with Crippen LogP contribution in [0.1, 0.15) is 24.0 Å². The second kappa shape index (κ2) is 15.6. The van der Waals surface area contributed by atoms with E-state index in [4.69, 9.17) is 83.9 Å². The fourth-order valence-electron chi connectivity index (χ4n) is 2.58. The lowest BCUT2D eigenvalue weighted by Gasteiger charge is -2.12. The molecule has 0 spiro atoms. The Balaban J connectivity index is 1.72. The number of halogens is 6. The van der Waals surface area contributed by atoms with E-state index in [9.17, 15) is 0 Å². The van der Waals surface area contributed by atoms with Crippen molar-refractivity contribution in [1.29, 1.82) is 0 Å². The van der Waals surface area contributed by atoms with E-state index in [0.717, 1.165) is 24.8 Å². The van der Waals surface area contributed by atoms with E-state index in [-0.39, 0.29) is 22.2 Å². The molecule has 4 nitrogen and oxygen atoms in total. The Kier molecular flexibility index (Phi) is 13.2. The highest BCUT2D eigenvalue weighted by molar-refractivity contribution is 6.56. The van der Waals surface area contributed by atoms with Crippen LogP contribution in [0.25, 0.3) is 0 Å². The smallest absolute Gasteiger partial charge is 0.156 e. The fraction of sp³-hybridized carbons (Fsp3) is 0.261. The Bertz CT molecular complexity index is 946. The van der Waals surface area contributed by atoms with Gasteiger partial charge in [0.1, 0.15) is 27.9 Å². The van der Waals surface area contributed by atoms with Crippen molar-refractivity contribution in [2.45, 2.75) is 19.3 Å². The van der Waals surface area contributed by atoms with Gasteiger partial charge in [-0.1, -0.05) is 99.0 Å². The molecule has 0 aliphatic heterocycles. The molecule has 0 aliphatic rings. The second-order valence-corrected chi connectivity index (χ2v) is 9.42. The average Bonchev–Trinajstić information content (AvgIpc) is 2.75. The van der Waals surface area contributed by atoms with Gasteiger partial charge in [-0.15, -0.1) is 0 Å². The predicted octanol–water partition coefficient (Wildman–Crippen LogP) is 8.76. The fourth-order valence-corrected chi connectivity index (χ4v) is 3.40. The summed E-state index contributed by atoms with van der Waals surface area (Å²) in [5, 5.41) is 4.61. The van der Waals surface area contributed by atoms with Crippen molar-refractivity contribution in [3.05, 3.63) is 78.7 Å². The summed E-state index contributed by atoms with van der Waals surface area (Å²) >= 11 is 34.6. The van der Waals surface area contributed by atoms with Crippen molar-refractivity contribution in [3.63, 3.8) is 0 Å². The first-order valence-corrected chi connectivity index (χ1v) is 12.1. The molecule has 0 unspecified atom stereocenters. The lowest BCUT2D eigenvalue weighted by atomic mass is 10.1. The van der Waals surface area contributed by atoms with Crippen LogP contribution in [-0.2, 0) is 11.3 Å². The van der Waals surface area contributed by atoms with Crippen LogP contribution in [0.2, 0.25) is 10.0 Å². The van der Waals surface area contributed by atoms with Crippen LogP contribution in [0.5, 0.6) is 11.5 Å². The molecule has 2 aromatic rings. The molecule has 0 saturated heterocycles. The summed E-state index contributed by atoms with van der Waals surface area (Å²) in [5.41, 5.74) is 2.15. The number of oxime groups is 1. The highest BCUT2D eigenvalue weighted by Crippen LogP contribution is 2.37. The van der Waals surface area contributed by atoms with E-state index >= 15 is 0 Å². The zero-order valence-corrected chi connectivity index (χ0v) is 21.9. The molecule has 0 heterocycles. The SMILES string of the molecule is ClC(Cl)=CCON=Cc1ccc(CCCCOc2c(Cl)cc(OCC=C(Cl)Cl)cc2Cl)cc1. The zero-order chi connectivity index (χ0) is 24.1. The van der Waals surface area contributed by atoms with Crippen LogP contribution in [-0.4, -0.2) is 26.0 Å². The summed E-state index contributed by atoms with van der Waals surface area (Å²) in [6.07, 6.45) is 7.37. The number of aryl methyl sites for hydroxylation is 1. The van der Waals surface area contributed by atoms with Crippen molar-refractivity contribution < 1.29 is 14.3 Å². The van der Waals surface area contributed by atoms with E-state index in [1.807, 2.05) is 12.1 Å². The van der Waals surface area contributed by atoms with Crippen LogP contribution in [0.3, 0.4) is 0 Å². The Morgan fingerprint density at radius 3 is 2.09 bits per heavy atom. The maximum atomic E-state index is 6.28. The van der Waals surface area contributed by atoms with Crippen molar-refractivity contribution in [3.8, 4) is 11.5 Å². The van der Waals surface area contributed by atoms with E-state index in [0.29, 0.717) is 28.2 Å². The topological polar surface area (TPSA) is 40.0 Å². The molecule has 2 aromatic carbocycles. The van der Waals surface area contributed by atoms with Crippen LogP contribution >= 0.6 is 69.6 Å². The van der Waals surface area contributed by atoms with Crippen LogP contribution in [0.4, 0.5) is 0 Å². The minimum Gasteiger partial charge on any atom is -0.490 e. The Labute approximate surface area is 223 Å². The maximum absolute atomic E-state index is 6.28. The molecule has 0 saturated carbocycles.